The normalized spacial score (nSPS) is 9.12. The summed E-state index contributed by atoms with van der Waals surface area (Å²) in [6.45, 7) is 0. The van der Waals surface area contributed by atoms with E-state index in [0.29, 0.717) is 0 Å². The molecule has 0 aliphatic rings. The van der Waals surface area contributed by atoms with Gasteiger partial charge in [-0.3, -0.25) is 0 Å². The lowest BCUT2D eigenvalue weighted by atomic mass is 11.3. The van der Waals surface area contributed by atoms with Gasteiger partial charge in [-0.2, -0.15) is 0 Å². The van der Waals surface area contributed by atoms with Crippen molar-refractivity contribution >= 4 is 0 Å². The van der Waals surface area contributed by atoms with E-state index >= 15 is 0 Å². The number of aromatic amines is 1. The molecule has 0 aromatic carbocycles. The number of nitrogens with one attached hydrogen (secondary N) is 1. The molecule has 1 heterocycles. The Morgan fingerprint density at radius 2 is 2.62 bits per heavy atom. The molecule has 0 aliphatic carbocycles. The van der Waals surface area contributed by atoms with E-state index in [2.05, 4.69) is 15.3 Å². The van der Waals surface area contributed by atoms with Crippen LogP contribution in [-0.2, 0) is 0 Å². The van der Waals surface area contributed by atoms with E-state index in [-0.39, 0.29) is 0 Å². The molecule has 1 rings (SSSR count). The number of tetrazole rings is 1. The molecule has 44 valence electrons. The Balaban J connectivity index is 3.11. The zero-order chi connectivity index (χ0) is 5.98. The third-order valence-corrected chi connectivity index (χ3v) is 0.618. The minimum atomic E-state index is -0.479. The second-order valence-corrected chi connectivity index (χ2v) is 1.06. The molecule has 0 saturated carbocycles. The summed E-state index contributed by atoms with van der Waals surface area (Å²) in [5, 5.41) is 8.39. The third kappa shape index (κ3) is 0.552. The summed E-state index contributed by atoms with van der Waals surface area (Å²) in [5.74, 6) is 0. The van der Waals surface area contributed by atoms with Crippen molar-refractivity contribution in [1.29, 1.82) is 0 Å². The monoisotopic (exact) mass is 116 g/mol. The lowest BCUT2D eigenvalue weighted by molar-refractivity contribution is 0.120. The maximum atomic E-state index is 10.3. The molecular formula is C2H4N4O2. The SMILES string of the molecule is COn1nn[nH]c1=O. The number of hydrogen-bond acceptors (Lipinski definition) is 4. The fraction of sp³-hybridized carbons (Fsp3) is 0.500. The zero-order valence-corrected chi connectivity index (χ0v) is 4.16. The van der Waals surface area contributed by atoms with Gasteiger partial charge in [-0.05, 0) is 15.3 Å². The average molecular weight is 116 g/mol. The van der Waals surface area contributed by atoms with Crippen LogP contribution in [0.1, 0.15) is 0 Å². The Labute approximate surface area is 44.0 Å². The lowest BCUT2D eigenvalue weighted by Gasteiger charge is -1.86. The molecule has 0 saturated heterocycles. The largest absolute Gasteiger partial charge is 0.395 e. The van der Waals surface area contributed by atoms with Crippen molar-refractivity contribution in [3.8, 4) is 0 Å². The first kappa shape index (κ1) is 4.82. The average Bonchev–Trinajstić information content (AvgIpc) is 2.14. The molecular weight excluding hydrogens is 112 g/mol. The Bertz CT molecular complexity index is 212. The summed E-state index contributed by atoms with van der Waals surface area (Å²) in [6, 6.07) is 0. The smallest absolute Gasteiger partial charge is 0.394 e. The number of H-pyrrole nitrogens is 1. The first-order chi connectivity index (χ1) is 3.84. The number of rotatable bonds is 1. The maximum absolute atomic E-state index is 10.3. The third-order valence-electron chi connectivity index (χ3n) is 0.618. The van der Waals surface area contributed by atoms with Gasteiger partial charge in [0.15, 0.2) is 0 Å². The van der Waals surface area contributed by atoms with Gasteiger partial charge < -0.3 is 4.84 Å². The van der Waals surface area contributed by atoms with Gasteiger partial charge in [0.05, 0.1) is 0 Å². The van der Waals surface area contributed by atoms with Crippen molar-refractivity contribution in [2.75, 3.05) is 7.11 Å². The Kier molecular flexibility index (Phi) is 0.991. The van der Waals surface area contributed by atoms with Crippen molar-refractivity contribution in [3.63, 3.8) is 0 Å². The standard InChI is InChI=1S/C2H4N4O2/c1-8-6-2(7)3-4-5-6/h1H3,(H,3,5,7). The van der Waals surface area contributed by atoms with E-state index in [9.17, 15) is 4.79 Å². The molecule has 1 aromatic heterocycles. The van der Waals surface area contributed by atoms with E-state index in [4.69, 9.17) is 0 Å². The van der Waals surface area contributed by atoms with Crippen LogP contribution in [0.3, 0.4) is 0 Å². The zero-order valence-electron chi connectivity index (χ0n) is 4.16. The van der Waals surface area contributed by atoms with Crippen LogP contribution in [0.15, 0.2) is 4.79 Å². The van der Waals surface area contributed by atoms with Crippen molar-refractivity contribution in [2.45, 2.75) is 0 Å². The van der Waals surface area contributed by atoms with Gasteiger partial charge in [0.1, 0.15) is 7.11 Å². The molecule has 0 spiro atoms. The van der Waals surface area contributed by atoms with Gasteiger partial charge in [0.25, 0.3) is 0 Å². The minimum absolute atomic E-state index is 0.479. The summed E-state index contributed by atoms with van der Waals surface area (Å²) < 4.78 is 0. The van der Waals surface area contributed by atoms with Crippen molar-refractivity contribution in [2.24, 2.45) is 0 Å². The van der Waals surface area contributed by atoms with Crippen molar-refractivity contribution in [1.82, 2.24) is 20.4 Å². The van der Waals surface area contributed by atoms with Crippen LogP contribution in [0.5, 0.6) is 0 Å². The highest BCUT2D eigenvalue weighted by atomic mass is 16.7. The highest BCUT2D eigenvalue weighted by Gasteiger charge is 1.91. The van der Waals surface area contributed by atoms with Crippen LogP contribution in [0.4, 0.5) is 0 Å². The first-order valence-corrected chi connectivity index (χ1v) is 1.89. The van der Waals surface area contributed by atoms with Gasteiger partial charge in [0, 0.05) is 0 Å². The Hall–Kier alpha value is -1.33. The number of hydrogen-bond donors (Lipinski definition) is 1. The molecule has 8 heavy (non-hydrogen) atoms. The maximum Gasteiger partial charge on any atom is 0.395 e. The van der Waals surface area contributed by atoms with Gasteiger partial charge >= 0.3 is 5.69 Å². The van der Waals surface area contributed by atoms with Crippen LogP contribution in [0.2, 0.25) is 0 Å². The van der Waals surface area contributed by atoms with Gasteiger partial charge in [-0.25, -0.2) is 9.89 Å². The van der Waals surface area contributed by atoms with Crippen LogP contribution >= 0.6 is 0 Å². The number of nitrogens with zero attached hydrogens (tertiary/aromatic N) is 3. The highest BCUT2D eigenvalue weighted by Crippen LogP contribution is 1.51. The molecule has 0 unspecified atom stereocenters. The second-order valence-electron chi connectivity index (χ2n) is 1.06. The molecule has 6 nitrogen and oxygen atoms in total. The predicted molar refractivity (Wildman–Crippen MR) is 23.1 cm³/mol. The topological polar surface area (TPSA) is 72.8 Å². The molecule has 1 aromatic rings. The molecule has 0 atom stereocenters. The van der Waals surface area contributed by atoms with Crippen LogP contribution < -0.4 is 10.5 Å². The predicted octanol–water partition coefficient (Wildman–Crippen LogP) is -1.98. The summed E-state index contributed by atoms with van der Waals surface area (Å²) in [4.78, 5) is 15.4. The van der Waals surface area contributed by atoms with Crippen LogP contribution in [0.25, 0.3) is 0 Å². The lowest BCUT2D eigenvalue weighted by Crippen LogP contribution is -2.22. The minimum Gasteiger partial charge on any atom is -0.394 e. The summed E-state index contributed by atoms with van der Waals surface area (Å²) in [5.41, 5.74) is -0.479. The Morgan fingerprint density at radius 1 is 1.88 bits per heavy atom. The van der Waals surface area contributed by atoms with E-state index in [1.54, 1.807) is 0 Å². The first-order valence-electron chi connectivity index (χ1n) is 1.89. The summed E-state index contributed by atoms with van der Waals surface area (Å²) >= 11 is 0. The Morgan fingerprint density at radius 3 is 2.88 bits per heavy atom. The van der Waals surface area contributed by atoms with E-state index < -0.39 is 5.69 Å². The molecule has 0 radical (unpaired) electrons. The summed E-state index contributed by atoms with van der Waals surface area (Å²) in [6.07, 6.45) is 0. The second kappa shape index (κ2) is 1.65. The summed E-state index contributed by atoms with van der Waals surface area (Å²) in [7, 11) is 1.32. The quantitative estimate of drug-likeness (QED) is 0.461. The molecule has 0 fully saturated rings. The van der Waals surface area contributed by atoms with E-state index in [1.165, 1.54) is 7.11 Å². The van der Waals surface area contributed by atoms with Crippen LogP contribution in [0, 0.1) is 0 Å². The molecule has 0 bridgehead atoms. The number of aromatic nitrogens is 4. The fourth-order valence-electron chi connectivity index (χ4n) is 0.309. The molecule has 0 aliphatic heterocycles. The molecule has 1 N–H and O–H groups in total. The fourth-order valence-corrected chi connectivity index (χ4v) is 0.309. The van der Waals surface area contributed by atoms with E-state index in [0.717, 1.165) is 4.85 Å². The van der Waals surface area contributed by atoms with Gasteiger partial charge in [-0.1, -0.05) is 0 Å². The van der Waals surface area contributed by atoms with Crippen LogP contribution in [-0.4, -0.2) is 27.5 Å². The molecule has 6 heteroatoms. The van der Waals surface area contributed by atoms with Crippen molar-refractivity contribution in [3.05, 3.63) is 10.5 Å². The van der Waals surface area contributed by atoms with Crippen molar-refractivity contribution < 1.29 is 4.84 Å². The van der Waals surface area contributed by atoms with Gasteiger partial charge in [-0.15, -0.1) is 0 Å². The molecule has 0 amide bonds. The van der Waals surface area contributed by atoms with Gasteiger partial charge in [0.2, 0.25) is 0 Å². The highest BCUT2D eigenvalue weighted by molar-refractivity contribution is 4.41. The van der Waals surface area contributed by atoms with E-state index in [1.807, 2.05) is 5.10 Å².